The third-order valence-corrected chi connectivity index (χ3v) is 6.20. The average molecular weight is 520 g/mol. The summed E-state index contributed by atoms with van der Waals surface area (Å²) in [7, 11) is 2.87. The van der Waals surface area contributed by atoms with Crippen molar-refractivity contribution in [3.63, 3.8) is 0 Å². The molecule has 3 aromatic rings. The molecule has 0 radical (unpaired) electrons. The van der Waals surface area contributed by atoms with E-state index < -0.39 is 43.2 Å². The van der Waals surface area contributed by atoms with Gasteiger partial charge in [0.05, 0.1) is 37.1 Å². The highest BCUT2D eigenvalue weighted by Gasteiger charge is 2.45. The van der Waals surface area contributed by atoms with Crippen LogP contribution in [0.3, 0.4) is 0 Å². The second-order valence-electron chi connectivity index (χ2n) is 8.15. The van der Waals surface area contributed by atoms with Gasteiger partial charge in [0.15, 0.2) is 0 Å². The zero-order valence-corrected chi connectivity index (χ0v) is 20.2. The van der Waals surface area contributed by atoms with Gasteiger partial charge in [-0.25, -0.2) is 0 Å². The zero-order valence-electron chi connectivity index (χ0n) is 19.4. The van der Waals surface area contributed by atoms with Gasteiger partial charge in [-0.3, -0.25) is 4.79 Å². The van der Waals surface area contributed by atoms with E-state index in [4.69, 9.17) is 30.5 Å². The Balaban J connectivity index is 1.72. The van der Waals surface area contributed by atoms with Crippen LogP contribution in [0.1, 0.15) is 10.4 Å². The number of ether oxygens (including phenoxy) is 4. The number of aliphatic hydroxyl groups is 4. The molecule has 1 amide bonds. The molecule has 0 saturated carbocycles. The first-order valence-electron chi connectivity index (χ1n) is 11.0. The van der Waals surface area contributed by atoms with Crippen LogP contribution in [0.15, 0.2) is 48.5 Å². The number of methoxy groups -OCH3 is 2. The molecule has 0 spiro atoms. The monoisotopic (exact) mass is 519 g/mol. The number of amides is 1. The summed E-state index contributed by atoms with van der Waals surface area (Å²) in [5.41, 5.74) is 0.373. The van der Waals surface area contributed by atoms with E-state index in [1.165, 1.54) is 26.4 Å². The lowest BCUT2D eigenvalue weighted by molar-refractivity contribution is -0.277. The van der Waals surface area contributed by atoms with E-state index >= 15 is 0 Å². The molecular formula is C25H26ClNO9. The molecule has 5 atom stereocenters. The second-order valence-corrected chi connectivity index (χ2v) is 8.56. The lowest BCUT2D eigenvalue weighted by Crippen LogP contribution is -2.60. The Bertz CT molecular complexity index is 1250. The van der Waals surface area contributed by atoms with E-state index in [0.717, 1.165) is 10.8 Å². The molecule has 3 aromatic carbocycles. The topological polar surface area (TPSA) is 147 Å². The van der Waals surface area contributed by atoms with Crippen molar-refractivity contribution in [3.05, 3.63) is 59.1 Å². The molecule has 11 heteroatoms. The number of rotatable bonds is 7. The van der Waals surface area contributed by atoms with Gasteiger partial charge in [0.25, 0.3) is 5.91 Å². The molecule has 1 aliphatic heterocycles. The molecule has 4 rings (SSSR count). The van der Waals surface area contributed by atoms with Crippen LogP contribution in [-0.2, 0) is 4.74 Å². The maximum atomic E-state index is 13.4. The second kappa shape index (κ2) is 10.9. The lowest BCUT2D eigenvalue weighted by atomic mass is 9.99. The SMILES string of the molecule is COc1cc(NC(=O)c2cc3ccccc3cc2O[C@@H]2O[C@@H](CO)[C@H](O)[C@@H](O)[C@@H]2O)c(OC)cc1Cl. The van der Waals surface area contributed by atoms with E-state index in [0.29, 0.717) is 16.5 Å². The van der Waals surface area contributed by atoms with Crippen molar-refractivity contribution >= 4 is 34.0 Å². The van der Waals surface area contributed by atoms with Crippen LogP contribution in [0.5, 0.6) is 17.2 Å². The standard InChI is InChI=1S/C25H26ClNO9/c1-33-18-10-16(19(34-2)9-15(18)26)27-24(32)14-7-12-5-3-4-6-13(12)8-17(14)35-25-23(31)22(30)21(29)20(11-28)36-25/h3-10,20-23,25,28-31H,11H2,1-2H3,(H,27,32)/t20-,21-,22+,23-,25+/m0/s1. The van der Waals surface area contributed by atoms with Crippen molar-refractivity contribution in [3.8, 4) is 17.2 Å². The summed E-state index contributed by atoms with van der Waals surface area (Å²) in [6, 6.07) is 13.5. The molecule has 0 aliphatic carbocycles. The summed E-state index contributed by atoms with van der Waals surface area (Å²) in [4.78, 5) is 13.4. The van der Waals surface area contributed by atoms with Crippen LogP contribution < -0.4 is 19.5 Å². The Morgan fingerprint density at radius 3 is 2.25 bits per heavy atom. The number of carbonyl (C=O) groups is 1. The van der Waals surface area contributed by atoms with Crippen LogP contribution in [0, 0.1) is 0 Å². The predicted molar refractivity (Wildman–Crippen MR) is 131 cm³/mol. The molecule has 0 aromatic heterocycles. The van der Waals surface area contributed by atoms with E-state index in [1.807, 2.05) is 24.3 Å². The Morgan fingerprint density at radius 2 is 1.61 bits per heavy atom. The van der Waals surface area contributed by atoms with Gasteiger partial charge in [0.1, 0.15) is 41.7 Å². The van der Waals surface area contributed by atoms with Crippen molar-refractivity contribution in [1.29, 1.82) is 0 Å². The highest BCUT2D eigenvalue weighted by atomic mass is 35.5. The Hall–Kier alpha value is -3.12. The van der Waals surface area contributed by atoms with Gasteiger partial charge in [-0.2, -0.15) is 0 Å². The highest BCUT2D eigenvalue weighted by Crippen LogP contribution is 2.37. The average Bonchev–Trinajstić information content (AvgIpc) is 2.89. The van der Waals surface area contributed by atoms with Gasteiger partial charge < -0.3 is 44.7 Å². The number of hydrogen-bond acceptors (Lipinski definition) is 9. The third kappa shape index (κ3) is 5.05. The molecule has 0 bridgehead atoms. The first-order chi connectivity index (χ1) is 17.3. The largest absolute Gasteiger partial charge is 0.495 e. The van der Waals surface area contributed by atoms with E-state index in [1.54, 1.807) is 12.1 Å². The lowest BCUT2D eigenvalue weighted by Gasteiger charge is -2.39. The minimum absolute atomic E-state index is 0.0374. The van der Waals surface area contributed by atoms with Gasteiger partial charge in [0, 0.05) is 12.1 Å². The predicted octanol–water partition coefficient (Wildman–Crippen LogP) is 1.94. The molecule has 1 fully saturated rings. The molecular weight excluding hydrogens is 494 g/mol. The van der Waals surface area contributed by atoms with Gasteiger partial charge >= 0.3 is 0 Å². The number of benzene rings is 3. The smallest absolute Gasteiger partial charge is 0.259 e. The molecule has 1 heterocycles. The van der Waals surface area contributed by atoms with Crippen molar-refractivity contribution < 1.29 is 44.2 Å². The molecule has 192 valence electrons. The normalized spacial score (nSPS) is 23.8. The quantitative estimate of drug-likeness (QED) is 0.316. The number of anilines is 1. The number of hydrogen-bond donors (Lipinski definition) is 5. The van der Waals surface area contributed by atoms with Crippen molar-refractivity contribution in [2.75, 3.05) is 26.1 Å². The molecule has 1 aliphatic rings. The minimum Gasteiger partial charge on any atom is -0.495 e. The van der Waals surface area contributed by atoms with Crippen molar-refractivity contribution in [2.45, 2.75) is 30.7 Å². The van der Waals surface area contributed by atoms with E-state index in [9.17, 15) is 25.2 Å². The Kier molecular flexibility index (Phi) is 7.84. The van der Waals surface area contributed by atoms with Crippen LogP contribution in [0.2, 0.25) is 5.02 Å². The summed E-state index contributed by atoms with van der Waals surface area (Å²) < 4.78 is 21.9. The third-order valence-electron chi connectivity index (χ3n) is 5.91. The minimum atomic E-state index is -1.65. The zero-order chi connectivity index (χ0) is 26.0. The van der Waals surface area contributed by atoms with Crippen molar-refractivity contribution in [1.82, 2.24) is 0 Å². The molecule has 36 heavy (non-hydrogen) atoms. The van der Waals surface area contributed by atoms with Gasteiger partial charge in [-0.15, -0.1) is 0 Å². The number of carbonyl (C=O) groups excluding carboxylic acids is 1. The van der Waals surface area contributed by atoms with Gasteiger partial charge in [-0.1, -0.05) is 35.9 Å². The number of halogens is 1. The maximum Gasteiger partial charge on any atom is 0.259 e. The highest BCUT2D eigenvalue weighted by molar-refractivity contribution is 6.32. The van der Waals surface area contributed by atoms with Crippen LogP contribution in [0.25, 0.3) is 10.8 Å². The molecule has 0 unspecified atom stereocenters. The van der Waals surface area contributed by atoms with Crippen LogP contribution in [0.4, 0.5) is 5.69 Å². The molecule has 10 nitrogen and oxygen atoms in total. The fraction of sp³-hybridized carbons (Fsp3) is 0.320. The number of fused-ring (bicyclic) bond motifs is 1. The fourth-order valence-electron chi connectivity index (χ4n) is 3.93. The Morgan fingerprint density at radius 1 is 0.944 bits per heavy atom. The fourth-order valence-corrected chi connectivity index (χ4v) is 4.16. The van der Waals surface area contributed by atoms with Crippen molar-refractivity contribution in [2.24, 2.45) is 0 Å². The maximum absolute atomic E-state index is 13.4. The van der Waals surface area contributed by atoms with Crippen LogP contribution >= 0.6 is 11.6 Å². The number of nitrogens with one attached hydrogen (secondary N) is 1. The molecule has 1 saturated heterocycles. The Labute approximate surface area is 211 Å². The summed E-state index contributed by atoms with van der Waals surface area (Å²) in [5.74, 6) is 0.0776. The summed E-state index contributed by atoms with van der Waals surface area (Å²) in [6.07, 6.45) is -7.47. The van der Waals surface area contributed by atoms with Gasteiger partial charge in [0.2, 0.25) is 6.29 Å². The first-order valence-corrected chi connectivity index (χ1v) is 11.4. The summed E-state index contributed by atoms with van der Waals surface area (Å²) >= 11 is 6.16. The van der Waals surface area contributed by atoms with Crippen LogP contribution in [-0.4, -0.2) is 77.9 Å². The first kappa shape index (κ1) is 26.0. The van der Waals surface area contributed by atoms with E-state index in [2.05, 4.69) is 5.32 Å². The summed E-state index contributed by atoms with van der Waals surface area (Å²) in [5, 5.41) is 44.6. The summed E-state index contributed by atoms with van der Waals surface area (Å²) in [6.45, 7) is -0.617. The number of aliphatic hydroxyl groups excluding tert-OH is 4. The van der Waals surface area contributed by atoms with E-state index in [-0.39, 0.29) is 17.0 Å². The van der Waals surface area contributed by atoms with Gasteiger partial charge in [-0.05, 0) is 22.9 Å². The molecule has 5 N–H and O–H groups in total.